The van der Waals surface area contributed by atoms with Gasteiger partial charge in [0.05, 0.1) is 15.4 Å². The van der Waals surface area contributed by atoms with Crippen LogP contribution in [0.2, 0.25) is 0 Å². The second-order valence-corrected chi connectivity index (χ2v) is 7.52. The number of halogens is 4. The number of benzene rings is 2. The molecule has 28 heavy (non-hydrogen) atoms. The molecule has 154 valence electrons. The molecule has 0 fully saturated rings. The lowest BCUT2D eigenvalue weighted by Crippen LogP contribution is -2.32. The molecule has 0 aromatic heterocycles. The minimum absolute atomic E-state index is 0. The normalized spacial score (nSPS) is 12.9. The van der Waals surface area contributed by atoms with Gasteiger partial charge in [-0.3, -0.25) is 10.1 Å². The third kappa shape index (κ3) is 5.64. The number of alkyl halides is 3. The topological polar surface area (TPSA) is 115 Å². The van der Waals surface area contributed by atoms with E-state index in [9.17, 15) is 31.7 Å². The summed E-state index contributed by atoms with van der Waals surface area (Å²) in [5.74, 6) is 0. The van der Waals surface area contributed by atoms with E-state index in [0.29, 0.717) is 5.56 Å². The van der Waals surface area contributed by atoms with Crippen LogP contribution in [0.3, 0.4) is 0 Å². The summed E-state index contributed by atoms with van der Waals surface area (Å²) in [5.41, 5.74) is 5.27. The molecule has 0 heterocycles. The molecule has 0 aliphatic heterocycles. The molecule has 2 aromatic carbocycles. The minimum Gasteiger partial charge on any atom is -0.323 e. The molecule has 1 atom stereocenters. The van der Waals surface area contributed by atoms with E-state index in [0.717, 1.165) is 30.3 Å². The highest BCUT2D eigenvalue weighted by Gasteiger charge is 2.30. The number of sulfonamides is 1. The second-order valence-electron chi connectivity index (χ2n) is 5.79. The van der Waals surface area contributed by atoms with E-state index >= 15 is 0 Å². The summed E-state index contributed by atoms with van der Waals surface area (Å²) in [4.78, 5) is 9.94. The molecule has 1 unspecified atom stereocenters. The minimum atomic E-state index is -4.47. The summed E-state index contributed by atoms with van der Waals surface area (Å²) in [7, 11) is -4.00. The first-order valence-corrected chi connectivity index (χ1v) is 9.07. The van der Waals surface area contributed by atoms with Crippen molar-refractivity contribution in [3.05, 3.63) is 69.3 Å². The van der Waals surface area contributed by atoms with Crippen LogP contribution in [0.4, 0.5) is 18.9 Å². The van der Waals surface area contributed by atoms with Crippen LogP contribution in [0.5, 0.6) is 0 Å². The van der Waals surface area contributed by atoms with Gasteiger partial charge in [-0.05, 0) is 36.2 Å². The molecule has 0 saturated heterocycles. The van der Waals surface area contributed by atoms with Crippen LogP contribution >= 0.6 is 12.4 Å². The van der Waals surface area contributed by atoms with Crippen molar-refractivity contribution in [2.24, 2.45) is 5.73 Å². The van der Waals surface area contributed by atoms with Crippen LogP contribution in [0.25, 0.3) is 0 Å². The van der Waals surface area contributed by atoms with Crippen LogP contribution in [-0.4, -0.2) is 19.9 Å². The van der Waals surface area contributed by atoms with Crippen molar-refractivity contribution in [1.29, 1.82) is 0 Å². The van der Waals surface area contributed by atoms with E-state index in [1.54, 1.807) is 0 Å². The Morgan fingerprint density at radius 2 is 1.75 bits per heavy atom. The van der Waals surface area contributed by atoms with E-state index in [4.69, 9.17) is 5.73 Å². The largest absolute Gasteiger partial charge is 0.416 e. The van der Waals surface area contributed by atoms with Crippen LogP contribution < -0.4 is 10.5 Å². The lowest BCUT2D eigenvalue weighted by molar-refractivity contribution is -0.385. The zero-order chi connectivity index (χ0) is 20.4. The first kappa shape index (κ1) is 23.8. The van der Waals surface area contributed by atoms with Gasteiger partial charge in [-0.2, -0.15) is 13.2 Å². The molecule has 0 aliphatic rings. The molecule has 0 bridgehead atoms. The quantitative estimate of drug-likeness (QED) is 0.529. The number of aryl methyl sites for hydroxylation is 1. The Hall–Kier alpha value is -2.21. The van der Waals surface area contributed by atoms with Crippen LogP contribution in [0.15, 0.2) is 47.4 Å². The number of hydrogen-bond donors (Lipinski definition) is 2. The smallest absolute Gasteiger partial charge is 0.323 e. The highest BCUT2D eigenvalue weighted by Crippen LogP contribution is 2.29. The SMILES string of the molecule is Cc1cc([N+](=O)[O-])ccc1S(=O)(=O)NCC(N)c1ccc(C(F)(F)F)cc1.Cl. The molecule has 0 aliphatic carbocycles. The van der Waals surface area contributed by atoms with Crippen LogP contribution in [-0.2, 0) is 16.2 Å². The van der Waals surface area contributed by atoms with Gasteiger partial charge in [-0.15, -0.1) is 12.4 Å². The fourth-order valence-electron chi connectivity index (χ4n) is 2.36. The highest BCUT2D eigenvalue weighted by atomic mass is 35.5. The predicted octanol–water partition coefficient (Wildman–Crippen LogP) is 3.32. The van der Waals surface area contributed by atoms with E-state index in [-0.39, 0.29) is 35.1 Å². The zero-order valence-corrected chi connectivity index (χ0v) is 16.1. The third-order valence-corrected chi connectivity index (χ3v) is 5.40. The van der Waals surface area contributed by atoms with E-state index < -0.39 is 32.7 Å². The predicted molar refractivity (Wildman–Crippen MR) is 98.6 cm³/mol. The number of nitrogens with one attached hydrogen (secondary N) is 1. The monoisotopic (exact) mass is 439 g/mol. The molecular formula is C16H17ClF3N3O4S. The van der Waals surface area contributed by atoms with Crippen molar-refractivity contribution >= 4 is 28.1 Å². The van der Waals surface area contributed by atoms with Gasteiger partial charge in [0.15, 0.2) is 0 Å². The fourth-order valence-corrected chi connectivity index (χ4v) is 3.65. The van der Waals surface area contributed by atoms with Crippen LogP contribution in [0.1, 0.15) is 22.7 Å². The molecule has 0 saturated carbocycles. The maximum absolute atomic E-state index is 12.6. The number of non-ortho nitro benzene ring substituents is 1. The van der Waals surface area contributed by atoms with Gasteiger partial charge in [-0.1, -0.05) is 12.1 Å². The van der Waals surface area contributed by atoms with Gasteiger partial charge in [0, 0.05) is 24.7 Å². The summed E-state index contributed by atoms with van der Waals surface area (Å²) in [6, 6.07) is 6.52. The Bertz CT molecular complexity index is 951. The van der Waals surface area contributed by atoms with Crippen molar-refractivity contribution in [1.82, 2.24) is 4.72 Å². The molecule has 12 heteroatoms. The van der Waals surface area contributed by atoms with E-state index in [1.165, 1.54) is 19.1 Å². The van der Waals surface area contributed by atoms with Crippen molar-refractivity contribution in [2.75, 3.05) is 6.54 Å². The van der Waals surface area contributed by atoms with Gasteiger partial charge in [-0.25, -0.2) is 13.1 Å². The van der Waals surface area contributed by atoms with Gasteiger partial charge in [0.1, 0.15) is 0 Å². The second kappa shape index (κ2) is 8.86. The standard InChI is InChI=1S/C16H16F3N3O4S.ClH/c1-10-8-13(22(23)24)6-7-15(10)27(25,26)21-9-14(20)11-2-4-12(5-3-11)16(17,18)19;/h2-8,14,21H,9,20H2,1H3;1H. The van der Waals surface area contributed by atoms with Gasteiger partial charge in [0.25, 0.3) is 5.69 Å². The summed E-state index contributed by atoms with van der Waals surface area (Å²) in [6.45, 7) is 1.15. The lowest BCUT2D eigenvalue weighted by atomic mass is 10.1. The maximum Gasteiger partial charge on any atom is 0.416 e. The number of nitrogens with zero attached hydrogens (tertiary/aromatic N) is 1. The highest BCUT2D eigenvalue weighted by molar-refractivity contribution is 7.89. The third-order valence-electron chi connectivity index (χ3n) is 3.82. The van der Waals surface area contributed by atoms with E-state index in [2.05, 4.69) is 4.72 Å². The molecule has 0 spiro atoms. The Balaban J connectivity index is 0.00000392. The summed E-state index contributed by atoms with van der Waals surface area (Å²) in [5, 5.41) is 10.7. The van der Waals surface area contributed by atoms with E-state index in [1.807, 2.05) is 0 Å². The Morgan fingerprint density at radius 3 is 2.21 bits per heavy atom. The zero-order valence-electron chi connectivity index (χ0n) is 14.4. The molecule has 0 radical (unpaired) electrons. The number of nitro benzene ring substituents is 1. The summed E-state index contributed by atoms with van der Waals surface area (Å²) >= 11 is 0. The van der Waals surface area contributed by atoms with Crippen LogP contribution in [0, 0.1) is 17.0 Å². The number of nitro groups is 1. The Kier molecular flexibility index (Phi) is 7.54. The number of rotatable bonds is 6. The maximum atomic E-state index is 12.6. The molecule has 0 amide bonds. The number of hydrogen-bond acceptors (Lipinski definition) is 5. The lowest BCUT2D eigenvalue weighted by Gasteiger charge is -2.15. The Labute approximate surface area is 165 Å². The molecule has 7 nitrogen and oxygen atoms in total. The number of nitrogens with two attached hydrogens (primary N) is 1. The first-order chi connectivity index (χ1) is 12.4. The summed E-state index contributed by atoms with van der Waals surface area (Å²) in [6.07, 6.45) is -4.47. The van der Waals surface area contributed by atoms with Crippen molar-refractivity contribution < 1.29 is 26.5 Å². The molecular weight excluding hydrogens is 423 g/mol. The average molecular weight is 440 g/mol. The van der Waals surface area contributed by atoms with Gasteiger partial charge in [0.2, 0.25) is 10.0 Å². The van der Waals surface area contributed by atoms with Crippen molar-refractivity contribution in [3.8, 4) is 0 Å². The molecule has 2 aromatic rings. The van der Waals surface area contributed by atoms with Gasteiger partial charge >= 0.3 is 6.18 Å². The first-order valence-electron chi connectivity index (χ1n) is 7.59. The molecule has 2 rings (SSSR count). The average Bonchev–Trinajstić information content (AvgIpc) is 2.58. The van der Waals surface area contributed by atoms with Crippen molar-refractivity contribution in [2.45, 2.75) is 24.0 Å². The van der Waals surface area contributed by atoms with Crippen molar-refractivity contribution in [3.63, 3.8) is 0 Å². The summed E-state index contributed by atoms with van der Waals surface area (Å²) < 4.78 is 64.7. The Morgan fingerprint density at radius 1 is 1.18 bits per heavy atom. The fraction of sp³-hybridized carbons (Fsp3) is 0.250. The molecule has 3 N–H and O–H groups in total. The van der Waals surface area contributed by atoms with Gasteiger partial charge < -0.3 is 5.73 Å².